The summed E-state index contributed by atoms with van der Waals surface area (Å²) in [5, 5.41) is 9.36. The largest absolute Gasteiger partial charge is 0.467 e. The van der Waals surface area contributed by atoms with Crippen molar-refractivity contribution < 1.29 is 23.1 Å². The first-order valence-corrected chi connectivity index (χ1v) is 7.71. The molecule has 7 nitrogen and oxygen atoms in total. The molecule has 0 aliphatic carbocycles. The Morgan fingerprint density at radius 2 is 1.95 bits per heavy atom. The van der Waals surface area contributed by atoms with E-state index in [1.54, 1.807) is 0 Å². The molecule has 2 N–H and O–H groups in total. The molecule has 0 amide bonds. The Hall–Kier alpha value is -0.700. The second-order valence-corrected chi connectivity index (χ2v) is 6.91. The standard InChI is InChI=1S/C11H22N2O5S/c1-8-4-9(2)7-13(6-8)19(16,17)12-5-10(14)11(15)18-3/h8-10,12,14H,4-7H2,1-3H3. The smallest absolute Gasteiger partial charge is 0.336 e. The molecule has 1 aliphatic rings. The van der Waals surface area contributed by atoms with Gasteiger partial charge in [0.2, 0.25) is 0 Å². The number of hydrogen-bond donors (Lipinski definition) is 2. The Labute approximate surface area is 114 Å². The third-order valence-corrected chi connectivity index (χ3v) is 4.62. The molecule has 1 aliphatic heterocycles. The van der Waals surface area contributed by atoms with Crippen LogP contribution in [0.1, 0.15) is 20.3 Å². The van der Waals surface area contributed by atoms with Crippen LogP contribution in [-0.4, -0.2) is 56.6 Å². The second kappa shape index (κ2) is 6.65. The maximum atomic E-state index is 12.0. The van der Waals surface area contributed by atoms with E-state index in [1.807, 2.05) is 13.8 Å². The van der Waals surface area contributed by atoms with Gasteiger partial charge in [-0.15, -0.1) is 0 Å². The van der Waals surface area contributed by atoms with Crippen molar-refractivity contribution in [3.63, 3.8) is 0 Å². The molecule has 1 saturated heterocycles. The van der Waals surface area contributed by atoms with Crippen LogP contribution in [0.2, 0.25) is 0 Å². The van der Waals surface area contributed by atoms with Gasteiger partial charge >= 0.3 is 5.97 Å². The Kier molecular flexibility index (Phi) is 5.72. The minimum Gasteiger partial charge on any atom is -0.467 e. The van der Waals surface area contributed by atoms with Gasteiger partial charge < -0.3 is 9.84 Å². The fourth-order valence-corrected chi connectivity index (χ4v) is 3.75. The van der Waals surface area contributed by atoms with Crippen LogP contribution in [0.3, 0.4) is 0 Å². The Balaban J connectivity index is 2.58. The first kappa shape index (κ1) is 16.4. The zero-order valence-corrected chi connectivity index (χ0v) is 12.3. The monoisotopic (exact) mass is 294 g/mol. The maximum Gasteiger partial charge on any atom is 0.336 e. The van der Waals surface area contributed by atoms with Crippen LogP contribution in [0.5, 0.6) is 0 Å². The molecular weight excluding hydrogens is 272 g/mol. The Morgan fingerprint density at radius 3 is 2.42 bits per heavy atom. The van der Waals surface area contributed by atoms with Gasteiger partial charge in [-0.25, -0.2) is 4.79 Å². The average molecular weight is 294 g/mol. The maximum absolute atomic E-state index is 12.0. The summed E-state index contributed by atoms with van der Waals surface area (Å²) in [7, 11) is -2.54. The van der Waals surface area contributed by atoms with Crippen LogP contribution in [-0.2, 0) is 19.7 Å². The molecule has 19 heavy (non-hydrogen) atoms. The van der Waals surface area contributed by atoms with Gasteiger partial charge in [-0.3, -0.25) is 0 Å². The molecule has 112 valence electrons. The highest BCUT2D eigenvalue weighted by molar-refractivity contribution is 7.87. The molecule has 8 heteroatoms. The van der Waals surface area contributed by atoms with Crippen LogP contribution < -0.4 is 4.72 Å². The van der Waals surface area contributed by atoms with E-state index in [2.05, 4.69) is 9.46 Å². The number of nitrogens with one attached hydrogen (secondary N) is 1. The van der Waals surface area contributed by atoms with Crippen molar-refractivity contribution in [3.8, 4) is 0 Å². The molecule has 0 aromatic heterocycles. The van der Waals surface area contributed by atoms with Crippen molar-refractivity contribution in [1.29, 1.82) is 0 Å². The number of hydrogen-bond acceptors (Lipinski definition) is 5. The fourth-order valence-electron chi connectivity index (χ4n) is 2.30. The van der Waals surface area contributed by atoms with Gasteiger partial charge in [-0.05, 0) is 18.3 Å². The van der Waals surface area contributed by atoms with Gasteiger partial charge in [-0.2, -0.15) is 17.4 Å². The summed E-state index contributed by atoms with van der Waals surface area (Å²) >= 11 is 0. The Bertz CT molecular complexity index is 401. The van der Waals surface area contributed by atoms with Crippen LogP contribution in [0.15, 0.2) is 0 Å². The lowest BCUT2D eigenvalue weighted by Crippen LogP contribution is -2.50. The average Bonchev–Trinajstić information content (AvgIpc) is 2.33. The van der Waals surface area contributed by atoms with Crippen molar-refractivity contribution >= 4 is 16.2 Å². The number of aliphatic hydroxyl groups is 1. The van der Waals surface area contributed by atoms with E-state index >= 15 is 0 Å². The van der Waals surface area contributed by atoms with Crippen molar-refractivity contribution in [3.05, 3.63) is 0 Å². The molecular formula is C11H22N2O5S. The summed E-state index contributed by atoms with van der Waals surface area (Å²) in [6, 6.07) is 0. The fraction of sp³-hybridized carbons (Fsp3) is 0.909. The summed E-state index contributed by atoms with van der Waals surface area (Å²) in [6.45, 7) is 4.53. The van der Waals surface area contributed by atoms with Crippen LogP contribution >= 0.6 is 0 Å². The van der Waals surface area contributed by atoms with Gasteiger partial charge in [-0.1, -0.05) is 13.8 Å². The normalized spacial score (nSPS) is 26.9. The Morgan fingerprint density at radius 1 is 1.42 bits per heavy atom. The number of nitrogens with zero attached hydrogens (tertiary/aromatic N) is 1. The highest BCUT2D eigenvalue weighted by Crippen LogP contribution is 2.22. The summed E-state index contributed by atoms with van der Waals surface area (Å²) < 4.78 is 32.0. The van der Waals surface area contributed by atoms with Crippen LogP contribution in [0.4, 0.5) is 0 Å². The van der Waals surface area contributed by atoms with E-state index in [0.29, 0.717) is 24.9 Å². The summed E-state index contributed by atoms with van der Waals surface area (Å²) in [4.78, 5) is 11.0. The zero-order valence-electron chi connectivity index (χ0n) is 11.5. The lowest BCUT2D eigenvalue weighted by atomic mass is 9.94. The lowest BCUT2D eigenvalue weighted by molar-refractivity contribution is -0.149. The molecule has 1 rings (SSSR count). The van der Waals surface area contributed by atoms with E-state index in [9.17, 15) is 18.3 Å². The predicted octanol–water partition coefficient (Wildman–Crippen LogP) is -0.667. The van der Waals surface area contributed by atoms with E-state index in [0.717, 1.165) is 13.5 Å². The quantitative estimate of drug-likeness (QED) is 0.656. The lowest BCUT2D eigenvalue weighted by Gasteiger charge is -2.34. The van der Waals surface area contributed by atoms with Crippen molar-refractivity contribution in [2.45, 2.75) is 26.4 Å². The summed E-state index contributed by atoms with van der Waals surface area (Å²) in [5.41, 5.74) is 0. The van der Waals surface area contributed by atoms with Crippen molar-refractivity contribution in [1.82, 2.24) is 9.03 Å². The molecule has 0 saturated carbocycles. The number of esters is 1. The summed E-state index contributed by atoms with van der Waals surface area (Å²) in [5.74, 6) is -0.264. The first-order chi connectivity index (χ1) is 8.76. The first-order valence-electron chi connectivity index (χ1n) is 6.27. The van der Waals surface area contributed by atoms with E-state index in [4.69, 9.17) is 0 Å². The number of aliphatic hydroxyl groups excluding tert-OH is 1. The number of ether oxygens (including phenoxy) is 1. The van der Waals surface area contributed by atoms with Gasteiger partial charge in [0.05, 0.1) is 7.11 Å². The van der Waals surface area contributed by atoms with Crippen molar-refractivity contribution in [2.24, 2.45) is 11.8 Å². The number of rotatable bonds is 5. The highest BCUT2D eigenvalue weighted by atomic mass is 32.2. The summed E-state index contributed by atoms with van der Waals surface area (Å²) in [6.07, 6.45) is -0.490. The predicted molar refractivity (Wildman–Crippen MR) is 69.5 cm³/mol. The molecule has 3 atom stereocenters. The molecule has 3 unspecified atom stereocenters. The van der Waals surface area contributed by atoms with Gasteiger partial charge in [0.1, 0.15) is 0 Å². The molecule has 0 aromatic carbocycles. The van der Waals surface area contributed by atoms with E-state index in [1.165, 1.54) is 4.31 Å². The third-order valence-electron chi connectivity index (χ3n) is 3.11. The number of carbonyl (C=O) groups excluding carboxylic acids is 1. The third kappa shape index (κ3) is 4.72. The number of carbonyl (C=O) groups is 1. The topological polar surface area (TPSA) is 95.9 Å². The van der Waals surface area contributed by atoms with Crippen LogP contribution in [0, 0.1) is 11.8 Å². The van der Waals surface area contributed by atoms with Crippen LogP contribution in [0.25, 0.3) is 0 Å². The molecule has 0 bridgehead atoms. The highest BCUT2D eigenvalue weighted by Gasteiger charge is 2.31. The number of piperidine rings is 1. The molecule has 1 heterocycles. The zero-order chi connectivity index (χ0) is 14.6. The minimum atomic E-state index is -3.67. The van der Waals surface area contributed by atoms with Gasteiger partial charge in [0.15, 0.2) is 6.10 Å². The van der Waals surface area contributed by atoms with Crippen molar-refractivity contribution in [2.75, 3.05) is 26.7 Å². The van der Waals surface area contributed by atoms with Gasteiger partial charge in [0, 0.05) is 19.6 Å². The molecule has 0 radical (unpaired) electrons. The molecule has 0 spiro atoms. The molecule has 0 aromatic rings. The minimum absolute atomic E-state index is 0.297. The number of methoxy groups -OCH3 is 1. The molecule has 1 fully saturated rings. The van der Waals surface area contributed by atoms with E-state index in [-0.39, 0.29) is 6.54 Å². The second-order valence-electron chi connectivity index (χ2n) is 5.16. The van der Waals surface area contributed by atoms with Gasteiger partial charge in [0.25, 0.3) is 10.2 Å². The van der Waals surface area contributed by atoms with E-state index < -0.39 is 22.3 Å². The SMILES string of the molecule is COC(=O)C(O)CNS(=O)(=O)N1CC(C)CC(C)C1.